The molecule has 6 nitrogen and oxygen atoms in total. The molecule has 1 aromatic heterocycles. The highest BCUT2D eigenvalue weighted by Crippen LogP contribution is 2.32. The second-order valence-electron chi connectivity index (χ2n) is 5.32. The van der Waals surface area contributed by atoms with Crippen LogP contribution in [0.15, 0.2) is 34.9 Å². The minimum Gasteiger partial charge on any atom is -0.294 e. The van der Waals surface area contributed by atoms with E-state index in [4.69, 9.17) is 0 Å². The lowest BCUT2D eigenvalue weighted by Gasteiger charge is -2.18. The average Bonchev–Trinajstić information content (AvgIpc) is 3.10. The molecule has 0 N–H and O–H groups in total. The van der Waals surface area contributed by atoms with Crippen LogP contribution in [-0.4, -0.2) is 32.6 Å². The summed E-state index contributed by atoms with van der Waals surface area (Å²) in [6.45, 7) is 1.88. The van der Waals surface area contributed by atoms with Crippen LogP contribution in [0.2, 0.25) is 0 Å². The average molecular weight is 405 g/mol. The smallest absolute Gasteiger partial charge is 0.229 e. The molecule has 8 heteroatoms. The van der Waals surface area contributed by atoms with E-state index in [2.05, 4.69) is 27.1 Å². The largest absolute Gasteiger partial charge is 0.294 e. The lowest BCUT2D eigenvalue weighted by molar-refractivity contribution is -0.117. The molecular formula is C16H13BrN4O2S. The number of nitriles is 1. The molecule has 0 spiro atoms. The number of rotatable bonds is 3. The first-order valence-electron chi connectivity index (χ1n) is 7.21. The molecule has 1 saturated heterocycles. The molecule has 0 bridgehead atoms. The summed E-state index contributed by atoms with van der Waals surface area (Å²) in [6, 6.07) is 9.53. The van der Waals surface area contributed by atoms with Crippen LogP contribution in [0.5, 0.6) is 0 Å². The number of anilines is 1. The Bertz CT molecular complexity index is 841. The topological polar surface area (TPSA) is 79.0 Å². The summed E-state index contributed by atoms with van der Waals surface area (Å²) in [5.74, 6) is 0.348. The SMILES string of the molecule is CC(=O)SC1CC(=O)N(c2c(C#N)cnn2-c2ccc(Br)cc2)C1. The van der Waals surface area contributed by atoms with Crippen LogP contribution in [0.1, 0.15) is 18.9 Å². The first-order valence-corrected chi connectivity index (χ1v) is 8.88. The minimum atomic E-state index is -0.107. The van der Waals surface area contributed by atoms with Gasteiger partial charge in [0, 0.05) is 29.6 Å². The molecular weight excluding hydrogens is 392 g/mol. The number of halogens is 1. The Balaban J connectivity index is 2.00. The van der Waals surface area contributed by atoms with E-state index in [1.165, 1.54) is 13.1 Å². The molecule has 1 fully saturated rings. The third kappa shape index (κ3) is 3.23. The fourth-order valence-electron chi connectivity index (χ4n) is 2.65. The predicted molar refractivity (Wildman–Crippen MR) is 95.0 cm³/mol. The maximum Gasteiger partial charge on any atom is 0.229 e. The fourth-order valence-corrected chi connectivity index (χ4v) is 3.83. The normalized spacial score (nSPS) is 17.1. The van der Waals surface area contributed by atoms with E-state index in [1.54, 1.807) is 9.58 Å². The van der Waals surface area contributed by atoms with Crippen molar-refractivity contribution in [3.63, 3.8) is 0 Å². The standard InChI is InChI=1S/C16H13BrN4O2S/c1-10(22)24-14-6-15(23)20(9-14)16-11(7-18)8-19-21(16)13-4-2-12(17)3-5-13/h2-5,8,14H,6,9H2,1H3. The number of hydrogen-bond acceptors (Lipinski definition) is 5. The first-order chi connectivity index (χ1) is 11.5. The van der Waals surface area contributed by atoms with Crippen molar-refractivity contribution < 1.29 is 9.59 Å². The number of nitrogens with zero attached hydrogens (tertiary/aromatic N) is 4. The van der Waals surface area contributed by atoms with Crippen molar-refractivity contribution in [1.29, 1.82) is 5.26 Å². The zero-order valence-electron chi connectivity index (χ0n) is 12.8. The van der Waals surface area contributed by atoms with E-state index >= 15 is 0 Å². The monoisotopic (exact) mass is 404 g/mol. The molecule has 1 unspecified atom stereocenters. The summed E-state index contributed by atoms with van der Waals surface area (Å²) in [6.07, 6.45) is 1.73. The van der Waals surface area contributed by atoms with Gasteiger partial charge < -0.3 is 0 Å². The van der Waals surface area contributed by atoms with Gasteiger partial charge in [0.15, 0.2) is 10.9 Å². The summed E-state index contributed by atoms with van der Waals surface area (Å²) >= 11 is 4.54. The first kappa shape index (κ1) is 16.7. The molecule has 1 aromatic carbocycles. The highest BCUT2D eigenvalue weighted by atomic mass is 79.9. The predicted octanol–water partition coefficient (Wildman–Crippen LogP) is 2.89. The highest BCUT2D eigenvalue weighted by Gasteiger charge is 2.35. The molecule has 122 valence electrons. The van der Waals surface area contributed by atoms with Gasteiger partial charge in [-0.2, -0.15) is 10.4 Å². The van der Waals surface area contributed by atoms with Crippen molar-refractivity contribution >= 4 is 44.5 Å². The molecule has 24 heavy (non-hydrogen) atoms. The van der Waals surface area contributed by atoms with Crippen molar-refractivity contribution in [2.45, 2.75) is 18.6 Å². The second kappa shape index (κ2) is 6.79. The number of carbonyl (C=O) groups excluding carboxylic acids is 2. The van der Waals surface area contributed by atoms with Crippen LogP contribution in [-0.2, 0) is 9.59 Å². The van der Waals surface area contributed by atoms with E-state index in [-0.39, 0.29) is 22.7 Å². The zero-order chi connectivity index (χ0) is 17.3. The van der Waals surface area contributed by atoms with Crippen LogP contribution >= 0.6 is 27.7 Å². The number of aromatic nitrogens is 2. The Morgan fingerprint density at radius 2 is 2.12 bits per heavy atom. The summed E-state index contributed by atoms with van der Waals surface area (Å²) in [7, 11) is 0. The Hall–Kier alpha value is -2.11. The van der Waals surface area contributed by atoms with Gasteiger partial charge >= 0.3 is 0 Å². The number of amides is 1. The van der Waals surface area contributed by atoms with Crippen LogP contribution in [0.4, 0.5) is 5.82 Å². The van der Waals surface area contributed by atoms with Gasteiger partial charge in [-0.25, -0.2) is 4.68 Å². The molecule has 0 radical (unpaired) electrons. The summed E-state index contributed by atoms with van der Waals surface area (Å²) < 4.78 is 2.51. The minimum absolute atomic E-state index is 0.0171. The lowest BCUT2D eigenvalue weighted by atomic mass is 10.3. The highest BCUT2D eigenvalue weighted by molar-refractivity contribution is 9.10. The molecule has 0 aliphatic carbocycles. The third-order valence-corrected chi connectivity index (χ3v) is 5.12. The van der Waals surface area contributed by atoms with Crippen molar-refractivity contribution in [3.8, 4) is 11.8 Å². The molecule has 1 aliphatic rings. The van der Waals surface area contributed by atoms with Crippen LogP contribution in [0, 0.1) is 11.3 Å². The fraction of sp³-hybridized carbons (Fsp3) is 0.250. The van der Waals surface area contributed by atoms with Gasteiger partial charge in [0.2, 0.25) is 5.91 Å². The van der Waals surface area contributed by atoms with E-state index in [0.717, 1.165) is 21.9 Å². The van der Waals surface area contributed by atoms with E-state index in [9.17, 15) is 14.9 Å². The molecule has 2 aromatic rings. The Labute approximate surface area is 151 Å². The molecule has 3 rings (SSSR count). The number of carbonyl (C=O) groups is 2. The third-order valence-electron chi connectivity index (χ3n) is 3.61. The summed E-state index contributed by atoms with van der Waals surface area (Å²) in [5, 5.41) is 13.5. The summed E-state index contributed by atoms with van der Waals surface area (Å²) in [5.41, 5.74) is 1.09. The quantitative estimate of drug-likeness (QED) is 0.785. The van der Waals surface area contributed by atoms with Crippen molar-refractivity contribution in [3.05, 3.63) is 40.5 Å². The van der Waals surface area contributed by atoms with Gasteiger partial charge in [-0.05, 0) is 24.3 Å². The van der Waals surface area contributed by atoms with Gasteiger partial charge in [-0.3, -0.25) is 14.5 Å². The zero-order valence-corrected chi connectivity index (χ0v) is 15.2. The van der Waals surface area contributed by atoms with Crippen LogP contribution in [0.25, 0.3) is 5.69 Å². The second-order valence-corrected chi connectivity index (χ2v) is 7.71. The number of benzene rings is 1. The van der Waals surface area contributed by atoms with Crippen LogP contribution in [0.3, 0.4) is 0 Å². The maximum atomic E-state index is 12.4. The Morgan fingerprint density at radius 1 is 1.42 bits per heavy atom. The maximum absolute atomic E-state index is 12.4. The van der Waals surface area contributed by atoms with Gasteiger partial charge in [0.1, 0.15) is 11.6 Å². The molecule has 0 saturated carbocycles. The molecule has 1 aliphatic heterocycles. The van der Waals surface area contributed by atoms with Crippen molar-refractivity contribution in [2.75, 3.05) is 11.4 Å². The molecule has 2 heterocycles. The Morgan fingerprint density at radius 3 is 2.75 bits per heavy atom. The number of thioether (sulfide) groups is 1. The van der Waals surface area contributed by atoms with Crippen molar-refractivity contribution in [2.24, 2.45) is 0 Å². The van der Waals surface area contributed by atoms with Crippen molar-refractivity contribution in [1.82, 2.24) is 9.78 Å². The number of hydrogen-bond donors (Lipinski definition) is 0. The van der Waals surface area contributed by atoms with E-state index < -0.39 is 0 Å². The van der Waals surface area contributed by atoms with E-state index in [0.29, 0.717) is 17.9 Å². The van der Waals surface area contributed by atoms with Gasteiger partial charge in [0.25, 0.3) is 0 Å². The van der Waals surface area contributed by atoms with Gasteiger partial charge in [-0.15, -0.1) is 0 Å². The molecule has 1 amide bonds. The van der Waals surface area contributed by atoms with Gasteiger partial charge in [-0.1, -0.05) is 27.7 Å². The van der Waals surface area contributed by atoms with Crippen LogP contribution < -0.4 is 4.90 Å². The molecule has 1 atom stereocenters. The van der Waals surface area contributed by atoms with E-state index in [1.807, 2.05) is 24.3 Å². The Kier molecular flexibility index (Phi) is 4.73. The lowest BCUT2D eigenvalue weighted by Crippen LogP contribution is -2.28. The van der Waals surface area contributed by atoms with Gasteiger partial charge in [0.05, 0.1) is 11.9 Å². The summed E-state index contributed by atoms with van der Waals surface area (Å²) in [4.78, 5) is 25.3.